The molecule has 0 heterocycles. The Bertz CT molecular complexity index is 1130. The van der Waals surface area contributed by atoms with Crippen LogP contribution in [-0.4, -0.2) is 42.5 Å². The molecule has 1 aliphatic carbocycles. The molecule has 3 aromatic rings. The van der Waals surface area contributed by atoms with Gasteiger partial charge in [0.2, 0.25) is 5.91 Å². The number of carbonyl (C=O) groups excluding carboxylic acids is 1. The standard InChI is InChI=1S/C29H33NO5/c1-34-24-12-13-27(35-2)21(17-24)15-23(31)16-22(14-19-8-4-3-5-9-19)29(33)30-28-25-11-7-6-10-20(25)18-26(28)32/h3-13,17,22-23,26,28,31-32H,14-16,18H2,1-2H3,(H,30,33)/t22-,23-,26-,28+/m1/s1. The highest BCUT2D eigenvalue weighted by atomic mass is 16.5. The molecule has 0 saturated heterocycles. The molecule has 0 aromatic heterocycles. The van der Waals surface area contributed by atoms with Gasteiger partial charge in [-0.1, -0.05) is 54.6 Å². The lowest BCUT2D eigenvalue weighted by atomic mass is 9.90. The fraction of sp³-hybridized carbons (Fsp3) is 0.345. The van der Waals surface area contributed by atoms with Crippen molar-refractivity contribution in [3.8, 4) is 11.5 Å². The lowest BCUT2D eigenvalue weighted by Crippen LogP contribution is -2.39. The molecule has 184 valence electrons. The second kappa shape index (κ2) is 11.4. The van der Waals surface area contributed by atoms with Gasteiger partial charge in [0.25, 0.3) is 0 Å². The topological polar surface area (TPSA) is 88.0 Å². The number of carbonyl (C=O) groups is 1. The summed E-state index contributed by atoms with van der Waals surface area (Å²) in [5, 5.41) is 24.7. The van der Waals surface area contributed by atoms with E-state index in [1.807, 2.05) is 72.8 Å². The largest absolute Gasteiger partial charge is 0.497 e. The first-order chi connectivity index (χ1) is 17.0. The lowest BCUT2D eigenvalue weighted by molar-refractivity contribution is -0.127. The maximum absolute atomic E-state index is 13.5. The fourth-order valence-electron chi connectivity index (χ4n) is 4.91. The van der Waals surface area contributed by atoms with Crippen molar-refractivity contribution in [1.29, 1.82) is 0 Å². The van der Waals surface area contributed by atoms with E-state index in [2.05, 4.69) is 5.32 Å². The molecule has 3 aromatic carbocycles. The summed E-state index contributed by atoms with van der Waals surface area (Å²) in [4.78, 5) is 13.5. The van der Waals surface area contributed by atoms with Gasteiger partial charge >= 0.3 is 0 Å². The highest BCUT2D eigenvalue weighted by Gasteiger charge is 2.34. The molecule has 0 bridgehead atoms. The van der Waals surface area contributed by atoms with Gasteiger partial charge in [0.15, 0.2) is 0 Å². The number of nitrogens with one attached hydrogen (secondary N) is 1. The van der Waals surface area contributed by atoms with Crippen LogP contribution in [0.3, 0.4) is 0 Å². The summed E-state index contributed by atoms with van der Waals surface area (Å²) in [6, 6.07) is 22.6. The fourth-order valence-corrected chi connectivity index (χ4v) is 4.91. The first-order valence-corrected chi connectivity index (χ1v) is 12.0. The number of hydrogen-bond donors (Lipinski definition) is 3. The summed E-state index contributed by atoms with van der Waals surface area (Å²) in [5.74, 6) is 0.704. The Labute approximate surface area is 206 Å². The quantitative estimate of drug-likeness (QED) is 0.417. The van der Waals surface area contributed by atoms with Gasteiger partial charge in [-0.05, 0) is 47.7 Å². The third-order valence-electron chi connectivity index (χ3n) is 6.70. The summed E-state index contributed by atoms with van der Waals surface area (Å²) < 4.78 is 10.8. The number of methoxy groups -OCH3 is 2. The maximum atomic E-state index is 13.5. The highest BCUT2D eigenvalue weighted by molar-refractivity contribution is 5.80. The van der Waals surface area contributed by atoms with E-state index in [1.54, 1.807) is 14.2 Å². The first-order valence-electron chi connectivity index (χ1n) is 12.0. The second-order valence-electron chi connectivity index (χ2n) is 9.11. The van der Waals surface area contributed by atoms with Crippen molar-refractivity contribution in [3.05, 3.63) is 95.1 Å². The molecule has 35 heavy (non-hydrogen) atoms. The van der Waals surface area contributed by atoms with Gasteiger partial charge in [-0.2, -0.15) is 0 Å². The molecule has 0 unspecified atom stereocenters. The molecular weight excluding hydrogens is 442 g/mol. The predicted molar refractivity (Wildman–Crippen MR) is 135 cm³/mol. The van der Waals surface area contributed by atoms with Crippen molar-refractivity contribution < 1.29 is 24.5 Å². The SMILES string of the molecule is COc1ccc(OC)c(C[C@@H](O)C[C@@H](Cc2ccccc2)C(=O)N[C@H]2c3ccccc3C[C@H]2O)c1. The number of rotatable bonds is 10. The van der Waals surface area contributed by atoms with Gasteiger partial charge in [-0.25, -0.2) is 0 Å². The Morgan fingerprint density at radius 3 is 2.49 bits per heavy atom. The zero-order chi connectivity index (χ0) is 24.8. The molecule has 4 atom stereocenters. The Balaban J connectivity index is 1.51. The van der Waals surface area contributed by atoms with Gasteiger partial charge in [0, 0.05) is 24.3 Å². The molecule has 0 radical (unpaired) electrons. The van der Waals surface area contributed by atoms with Crippen LogP contribution in [0.2, 0.25) is 0 Å². The number of amides is 1. The molecule has 6 nitrogen and oxygen atoms in total. The maximum Gasteiger partial charge on any atom is 0.224 e. The molecule has 0 saturated carbocycles. The van der Waals surface area contributed by atoms with Crippen molar-refractivity contribution in [3.63, 3.8) is 0 Å². The first kappa shape index (κ1) is 24.8. The number of benzene rings is 3. The minimum atomic E-state index is -0.767. The average molecular weight is 476 g/mol. The summed E-state index contributed by atoms with van der Waals surface area (Å²) >= 11 is 0. The van der Waals surface area contributed by atoms with Crippen LogP contribution in [-0.2, 0) is 24.1 Å². The van der Waals surface area contributed by atoms with E-state index in [0.29, 0.717) is 30.8 Å². The van der Waals surface area contributed by atoms with E-state index in [9.17, 15) is 15.0 Å². The van der Waals surface area contributed by atoms with Crippen LogP contribution in [0.4, 0.5) is 0 Å². The lowest BCUT2D eigenvalue weighted by Gasteiger charge is -2.25. The van der Waals surface area contributed by atoms with Crippen LogP contribution in [0.1, 0.15) is 34.7 Å². The normalized spacial score (nSPS) is 18.4. The Morgan fingerprint density at radius 2 is 1.74 bits per heavy atom. The van der Waals surface area contributed by atoms with Crippen LogP contribution >= 0.6 is 0 Å². The summed E-state index contributed by atoms with van der Waals surface area (Å²) in [6.45, 7) is 0. The summed E-state index contributed by atoms with van der Waals surface area (Å²) in [7, 11) is 3.19. The molecular formula is C29H33NO5. The number of aliphatic hydroxyl groups is 2. The van der Waals surface area contributed by atoms with E-state index in [0.717, 1.165) is 22.3 Å². The summed E-state index contributed by atoms with van der Waals surface area (Å²) in [5.41, 5.74) is 3.84. The van der Waals surface area contributed by atoms with Crippen molar-refractivity contribution in [2.24, 2.45) is 5.92 Å². The number of aliphatic hydroxyl groups excluding tert-OH is 2. The Kier molecular flexibility index (Phi) is 8.06. The van der Waals surface area contributed by atoms with E-state index in [4.69, 9.17) is 9.47 Å². The number of ether oxygens (including phenoxy) is 2. The van der Waals surface area contributed by atoms with E-state index >= 15 is 0 Å². The Hall–Kier alpha value is -3.35. The number of fused-ring (bicyclic) bond motifs is 1. The minimum Gasteiger partial charge on any atom is -0.497 e. The van der Waals surface area contributed by atoms with E-state index in [-0.39, 0.29) is 12.3 Å². The van der Waals surface area contributed by atoms with Crippen LogP contribution in [0.5, 0.6) is 11.5 Å². The molecule has 0 fully saturated rings. The summed E-state index contributed by atoms with van der Waals surface area (Å²) in [6.07, 6.45) is 0.168. The van der Waals surface area contributed by atoms with Gasteiger partial charge in [-0.15, -0.1) is 0 Å². The van der Waals surface area contributed by atoms with Crippen LogP contribution < -0.4 is 14.8 Å². The zero-order valence-electron chi connectivity index (χ0n) is 20.2. The molecule has 4 rings (SSSR count). The molecule has 1 aliphatic rings. The third kappa shape index (κ3) is 6.02. The van der Waals surface area contributed by atoms with Crippen LogP contribution in [0, 0.1) is 5.92 Å². The second-order valence-corrected chi connectivity index (χ2v) is 9.11. The minimum absolute atomic E-state index is 0.175. The molecule has 0 aliphatic heterocycles. The van der Waals surface area contributed by atoms with Crippen molar-refractivity contribution in [1.82, 2.24) is 5.32 Å². The zero-order valence-corrected chi connectivity index (χ0v) is 20.2. The third-order valence-corrected chi connectivity index (χ3v) is 6.70. The smallest absolute Gasteiger partial charge is 0.224 e. The average Bonchev–Trinajstić information content (AvgIpc) is 3.18. The van der Waals surface area contributed by atoms with Gasteiger partial charge < -0.3 is 25.0 Å². The van der Waals surface area contributed by atoms with Gasteiger partial charge in [-0.3, -0.25) is 4.79 Å². The monoisotopic (exact) mass is 475 g/mol. The van der Waals surface area contributed by atoms with Crippen LogP contribution in [0.15, 0.2) is 72.8 Å². The van der Waals surface area contributed by atoms with E-state index in [1.165, 1.54) is 0 Å². The van der Waals surface area contributed by atoms with Gasteiger partial charge in [0.1, 0.15) is 11.5 Å². The molecule has 3 N–H and O–H groups in total. The highest BCUT2D eigenvalue weighted by Crippen LogP contribution is 2.32. The van der Waals surface area contributed by atoms with Gasteiger partial charge in [0.05, 0.1) is 32.5 Å². The predicted octanol–water partition coefficient (Wildman–Crippen LogP) is 3.63. The van der Waals surface area contributed by atoms with E-state index < -0.39 is 24.2 Å². The molecule has 1 amide bonds. The van der Waals surface area contributed by atoms with Crippen LogP contribution in [0.25, 0.3) is 0 Å². The van der Waals surface area contributed by atoms with Crippen molar-refractivity contribution in [2.45, 2.75) is 43.9 Å². The molecule has 0 spiro atoms. The van der Waals surface area contributed by atoms with Crippen molar-refractivity contribution in [2.75, 3.05) is 14.2 Å². The number of hydrogen-bond acceptors (Lipinski definition) is 5. The van der Waals surface area contributed by atoms with Crippen molar-refractivity contribution >= 4 is 5.91 Å². The molecule has 6 heteroatoms. The Morgan fingerprint density at radius 1 is 1.00 bits per heavy atom.